The highest BCUT2D eigenvalue weighted by atomic mass is 32.1. The van der Waals surface area contributed by atoms with Gasteiger partial charge in [0.25, 0.3) is 5.91 Å². The van der Waals surface area contributed by atoms with E-state index >= 15 is 0 Å². The van der Waals surface area contributed by atoms with Gasteiger partial charge in [-0.3, -0.25) is 4.79 Å². The number of carbonyl (C=O) groups excluding carboxylic acids is 2. The van der Waals surface area contributed by atoms with E-state index in [-0.39, 0.29) is 12.5 Å². The number of nitrogens with zero attached hydrogens (tertiary/aromatic N) is 1. The summed E-state index contributed by atoms with van der Waals surface area (Å²) in [4.78, 5) is 26.3. The molecule has 2 rings (SSSR count). The monoisotopic (exact) mass is 315 g/mol. The lowest BCUT2D eigenvalue weighted by molar-refractivity contribution is -0.146. The second-order valence-corrected chi connectivity index (χ2v) is 5.91. The van der Waals surface area contributed by atoms with Crippen LogP contribution in [-0.2, 0) is 14.3 Å². The number of amides is 1. The van der Waals surface area contributed by atoms with Crippen LogP contribution in [0.25, 0.3) is 16.5 Å². The summed E-state index contributed by atoms with van der Waals surface area (Å²) in [6, 6.07) is 14.0. The lowest BCUT2D eigenvalue weighted by Gasteiger charge is -2.09. The van der Waals surface area contributed by atoms with Crippen LogP contribution in [0.2, 0.25) is 0 Å². The van der Waals surface area contributed by atoms with Crippen molar-refractivity contribution in [2.24, 2.45) is 0 Å². The molecule has 0 bridgehead atoms. The molecule has 0 saturated heterocycles. The number of esters is 1. The van der Waals surface area contributed by atoms with Crippen LogP contribution in [-0.4, -0.2) is 37.5 Å². The second kappa shape index (κ2) is 7.56. The van der Waals surface area contributed by atoms with Crippen molar-refractivity contribution >= 4 is 29.3 Å². The van der Waals surface area contributed by atoms with Gasteiger partial charge in [-0.1, -0.05) is 30.3 Å². The number of thiophene rings is 1. The minimum Gasteiger partial charge on any atom is -0.452 e. The highest BCUT2D eigenvalue weighted by Gasteiger charge is 2.07. The molecule has 1 heterocycles. The molecule has 0 aliphatic heterocycles. The largest absolute Gasteiger partial charge is 0.452 e. The Morgan fingerprint density at radius 3 is 2.55 bits per heavy atom. The summed E-state index contributed by atoms with van der Waals surface area (Å²) in [5.41, 5.74) is 1.14. The predicted molar refractivity (Wildman–Crippen MR) is 88.4 cm³/mol. The quantitative estimate of drug-likeness (QED) is 0.629. The van der Waals surface area contributed by atoms with E-state index in [1.165, 1.54) is 11.0 Å². The first kappa shape index (κ1) is 16.0. The molecule has 4 nitrogen and oxygen atoms in total. The number of hydrogen-bond acceptors (Lipinski definition) is 4. The van der Waals surface area contributed by atoms with Crippen LogP contribution in [0.1, 0.15) is 4.88 Å². The van der Waals surface area contributed by atoms with Crippen molar-refractivity contribution in [1.29, 1.82) is 0 Å². The number of carbonyl (C=O) groups is 2. The maximum Gasteiger partial charge on any atom is 0.331 e. The summed E-state index contributed by atoms with van der Waals surface area (Å²) in [5.74, 6) is -0.769. The lowest BCUT2D eigenvalue weighted by Crippen LogP contribution is -2.27. The smallest absolute Gasteiger partial charge is 0.331 e. The van der Waals surface area contributed by atoms with Crippen molar-refractivity contribution in [2.75, 3.05) is 20.7 Å². The Kier molecular flexibility index (Phi) is 5.49. The van der Waals surface area contributed by atoms with Crippen molar-refractivity contribution in [2.45, 2.75) is 0 Å². The van der Waals surface area contributed by atoms with Crippen molar-refractivity contribution in [3.8, 4) is 10.4 Å². The molecule has 22 heavy (non-hydrogen) atoms. The van der Waals surface area contributed by atoms with E-state index in [0.29, 0.717) is 0 Å². The molecule has 0 unspecified atom stereocenters. The van der Waals surface area contributed by atoms with Crippen LogP contribution in [0.15, 0.2) is 48.5 Å². The zero-order valence-electron chi connectivity index (χ0n) is 12.5. The van der Waals surface area contributed by atoms with Gasteiger partial charge in [0.05, 0.1) is 0 Å². The summed E-state index contributed by atoms with van der Waals surface area (Å²) in [6.45, 7) is -0.240. The van der Waals surface area contributed by atoms with Crippen molar-refractivity contribution in [3.63, 3.8) is 0 Å². The minimum absolute atomic E-state index is 0.240. The molecule has 0 fully saturated rings. The van der Waals surface area contributed by atoms with Gasteiger partial charge in [0.1, 0.15) is 0 Å². The second-order valence-electron chi connectivity index (χ2n) is 4.80. The SMILES string of the molecule is CN(C)C(=O)COC(=O)/C=C/c1ccc(-c2ccccc2)s1. The molecular weight excluding hydrogens is 298 g/mol. The van der Waals surface area contributed by atoms with Crippen molar-refractivity contribution in [3.05, 3.63) is 53.4 Å². The Bertz CT molecular complexity index is 674. The molecule has 0 aliphatic carbocycles. The molecule has 2 aromatic rings. The van der Waals surface area contributed by atoms with Gasteiger partial charge < -0.3 is 9.64 Å². The fraction of sp³-hybridized carbons (Fsp3) is 0.176. The zero-order chi connectivity index (χ0) is 15.9. The fourth-order valence-electron chi connectivity index (χ4n) is 1.66. The number of ether oxygens (including phenoxy) is 1. The van der Waals surface area contributed by atoms with E-state index in [4.69, 9.17) is 4.74 Å². The summed E-state index contributed by atoms with van der Waals surface area (Å²) >= 11 is 1.59. The molecule has 114 valence electrons. The van der Waals surface area contributed by atoms with Gasteiger partial charge in [-0.15, -0.1) is 11.3 Å². The first-order valence-electron chi connectivity index (χ1n) is 6.76. The van der Waals surface area contributed by atoms with Gasteiger partial charge in [0.2, 0.25) is 0 Å². The first-order chi connectivity index (χ1) is 10.6. The predicted octanol–water partition coefficient (Wildman–Crippen LogP) is 3.06. The van der Waals surface area contributed by atoms with Crippen LogP contribution in [0.4, 0.5) is 0 Å². The molecule has 0 saturated carbocycles. The first-order valence-corrected chi connectivity index (χ1v) is 7.58. The molecule has 0 spiro atoms. The van der Waals surface area contributed by atoms with Gasteiger partial charge in [-0.05, 0) is 23.8 Å². The van der Waals surface area contributed by atoms with E-state index < -0.39 is 5.97 Å². The molecule has 1 aromatic carbocycles. The average molecular weight is 315 g/mol. The normalized spacial score (nSPS) is 10.6. The molecule has 0 N–H and O–H groups in total. The Labute approximate surface area is 133 Å². The Balaban J connectivity index is 1.92. The van der Waals surface area contributed by atoms with Crippen LogP contribution in [0.5, 0.6) is 0 Å². The van der Waals surface area contributed by atoms with Crippen LogP contribution < -0.4 is 0 Å². The van der Waals surface area contributed by atoms with Crippen molar-refractivity contribution < 1.29 is 14.3 Å². The molecular formula is C17H17NO3S. The third-order valence-corrected chi connectivity index (χ3v) is 4.01. The van der Waals surface area contributed by atoms with Crippen LogP contribution >= 0.6 is 11.3 Å². The Morgan fingerprint density at radius 2 is 1.86 bits per heavy atom. The van der Waals surface area contributed by atoms with E-state index in [0.717, 1.165) is 15.3 Å². The van der Waals surface area contributed by atoms with Gasteiger partial charge in [-0.25, -0.2) is 4.79 Å². The highest BCUT2D eigenvalue weighted by Crippen LogP contribution is 2.28. The van der Waals surface area contributed by atoms with Crippen LogP contribution in [0.3, 0.4) is 0 Å². The van der Waals surface area contributed by atoms with E-state index in [2.05, 4.69) is 0 Å². The summed E-state index contributed by atoms with van der Waals surface area (Å²) in [7, 11) is 3.23. The fourth-order valence-corrected chi connectivity index (χ4v) is 2.58. The maximum absolute atomic E-state index is 11.5. The molecule has 1 aromatic heterocycles. The van der Waals surface area contributed by atoms with Crippen molar-refractivity contribution in [1.82, 2.24) is 4.90 Å². The lowest BCUT2D eigenvalue weighted by atomic mass is 10.2. The number of rotatable bonds is 5. The van der Waals surface area contributed by atoms with Crippen LogP contribution in [0, 0.1) is 0 Å². The van der Waals surface area contributed by atoms with E-state index in [9.17, 15) is 9.59 Å². The molecule has 1 amide bonds. The topological polar surface area (TPSA) is 46.6 Å². The molecule has 0 atom stereocenters. The Hall–Kier alpha value is -2.40. The maximum atomic E-state index is 11.5. The van der Waals surface area contributed by atoms with E-state index in [1.807, 2.05) is 42.5 Å². The average Bonchev–Trinajstić information content (AvgIpc) is 3.00. The van der Waals surface area contributed by atoms with E-state index in [1.54, 1.807) is 31.5 Å². The Morgan fingerprint density at radius 1 is 1.14 bits per heavy atom. The van der Waals surface area contributed by atoms with Gasteiger partial charge in [-0.2, -0.15) is 0 Å². The third-order valence-electron chi connectivity index (χ3n) is 2.91. The minimum atomic E-state index is -0.523. The zero-order valence-corrected chi connectivity index (χ0v) is 13.3. The summed E-state index contributed by atoms with van der Waals surface area (Å²) in [6.07, 6.45) is 3.03. The molecule has 5 heteroatoms. The standard InChI is InChI=1S/C17H17NO3S/c1-18(2)16(19)12-21-17(20)11-9-14-8-10-15(22-14)13-6-4-3-5-7-13/h3-11H,12H2,1-2H3/b11-9+. The van der Waals surface area contributed by atoms with Gasteiger partial charge in [0, 0.05) is 29.9 Å². The molecule has 0 aliphatic rings. The summed E-state index contributed by atoms with van der Waals surface area (Å²) < 4.78 is 4.87. The van der Waals surface area contributed by atoms with Gasteiger partial charge >= 0.3 is 5.97 Å². The molecule has 0 radical (unpaired) electrons. The number of likely N-dealkylation sites (N-methyl/N-ethyl adjacent to an activating group) is 1. The van der Waals surface area contributed by atoms with Gasteiger partial charge in [0.15, 0.2) is 6.61 Å². The summed E-state index contributed by atoms with van der Waals surface area (Å²) in [5, 5.41) is 0. The third kappa shape index (κ3) is 4.56. The number of benzene rings is 1. The highest BCUT2D eigenvalue weighted by molar-refractivity contribution is 7.16. The number of hydrogen-bond donors (Lipinski definition) is 0.